The van der Waals surface area contributed by atoms with Crippen LogP contribution in [0.1, 0.15) is 5.56 Å². The summed E-state index contributed by atoms with van der Waals surface area (Å²) in [6, 6.07) is 8.98. The number of amides is 1. The number of hydrogen-bond acceptors (Lipinski definition) is 2. The van der Waals surface area contributed by atoms with Gasteiger partial charge in [-0.1, -0.05) is 28.1 Å². The topological polar surface area (TPSA) is 66.9 Å². The quantitative estimate of drug-likeness (QED) is 0.643. The highest BCUT2D eigenvalue weighted by Crippen LogP contribution is 2.14. The van der Waals surface area contributed by atoms with Crippen LogP contribution in [-0.2, 0) is 4.79 Å². The Balaban J connectivity index is 3.08. The van der Waals surface area contributed by atoms with Crippen molar-refractivity contribution in [2.75, 3.05) is 0 Å². The first-order chi connectivity index (χ1) is 6.63. The highest BCUT2D eigenvalue weighted by Gasteiger charge is 2.02. The molecule has 70 valence electrons. The van der Waals surface area contributed by atoms with Crippen molar-refractivity contribution in [2.45, 2.75) is 0 Å². The van der Waals surface area contributed by atoms with Crippen LogP contribution in [0.25, 0.3) is 6.08 Å². The zero-order chi connectivity index (χ0) is 10.6. The van der Waals surface area contributed by atoms with Gasteiger partial charge in [-0.15, -0.1) is 0 Å². The van der Waals surface area contributed by atoms with E-state index < -0.39 is 5.91 Å². The van der Waals surface area contributed by atoms with Gasteiger partial charge in [-0.3, -0.25) is 4.79 Å². The highest BCUT2D eigenvalue weighted by molar-refractivity contribution is 9.10. The van der Waals surface area contributed by atoms with Gasteiger partial charge in [0.15, 0.2) is 0 Å². The van der Waals surface area contributed by atoms with Crippen LogP contribution >= 0.6 is 15.9 Å². The van der Waals surface area contributed by atoms with Gasteiger partial charge < -0.3 is 5.73 Å². The number of nitriles is 1. The maximum atomic E-state index is 10.7. The Bertz CT molecular complexity index is 432. The lowest BCUT2D eigenvalue weighted by Gasteiger charge is -1.95. The van der Waals surface area contributed by atoms with Crippen LogP contribution in [-0.4, -0.2) is 5.91 Å². The molecule has 0 radical (unpaired) electrons. The minimum Gasteiger partial charge on any atom is -0.365 e. The summed E-state index contributed by atoms with van der Waals surface area (Å²) in [6.07, 6.45) is 1.45. The molecule has 1 aromatic rings. The van der Waals surface area contributed by atoms with Crippen LogP contribution in [0.15, 0.2) is 34.3 Å². The minimum absolute atomic E-state index is 0.0527. The molecule has 2 N–H and O–H groups in total. The van der Waals surface area contributed by atoms with Crippen LogP contribution in [0.4, 0.5) is 0 Å². The first-order valence-corrected chi connectivity index (χ1v) is 4.60. The molecule has 0 atom stereocenters. The van der Waals surface area contributed by atoms with E-state index in [9.17, 15) is 4.79 Å². The van der Waals surface area contributed by atoms with Gasteiger partial charge in [0.25, 0.3) is 5.91 Å². The van der Waals surface area contributed by atoms with Crippen molar-refractivity contribution in [1.29, 1.82) is 5.26 Å². The summed E-state index contributed by atoms with van der Waals surface area (Å²) in [4.78, 5) is 10.7. The molecule has 0 fully saturated rings. The van der Waals surface area contributed by atoms with Crippen molar-refractivity contribution in [3.8, 4) is 6.07 Å². The Kier molecular flexibility index (Phi) is 3.43. The standard InChI is InChI=1S/C10H7BrN2O/c11-9-3-1-2-7(5-9)4-8(6-12)10(13)14/h1-5H,(H2,13,14)/b8-4-. The number of rotatable bonds is 2. The number of benzene rings is 1. The fourth-order valence-corrected chi connectivity index (χ4v) is 1.34. The zero-order valence-electron chi connectivity index (χ0n) is 7.20. The number of halogens is 1. The monoisotopic (exact) mass is 250 g/mol. The third-order valence-electron chi connectivity index (χ3n) is 1.55. The molecule has 0 bridgehead atoms. The second-order valence-corrected chi connectivity index (χ2v) is 3.50. The Morgan fingerprint density at radius 1 is 1.57 bits per heavy atom. The summed E-state index contributed by atoms with van der Waals surface area (Å²) >= 11 is 3.28. The van der Waals surface area contributed by atoms with E-state index in [1.165, 1.54) is 6.08 Å². The molecule has 14 heavy (non-hydrogen) atoms. The molecule has 0 aliphatic carbocycles. The molecule has 0 unspecified atom stereocenters. The zero-order valence-corrected chi connectivity index (χ0v) is 8.78. The Morgan fingerprint density at radius 3 is 2.79 bits per heavy atom. The summed E-state index contributed by atoms with van der Waals surface area (Å²) in [5.41, 5.74) is 5.70. The smallest absolute Gasteiger partial charge is 0.259 e. The molecule has 0 spiro atoms. The summed E-state index contributed by atoms with van der Waals surface area (Å²) < 4.78 is 0.882. The van der Waals surface area contributed by atoms with Crippen molar-refractivity contribution in [1.82, 2.24) is 0 Å². The molecule has 0 saturated carbocycles. The third-order valence-corrected chi connectivity index (χ3v) is 2.04. The number of nitrogens with zero attached hydrogens (tertiary/aromatic N) is 1. The summed E-state index contributed by atoms with van der Waals surface area (Å²) in [5, 5.41) is 8.60. The van der Waals surface area contributed by atoms with Crippen molar-refractivity contribution < 1.29 is 4.79 Å². The summed E-state index contributed by atoms with van der Waals surface area (Å²) in [5.74, 6) is -0.715. The maximum Gasteiger partial charge on any atom is 0.259 e. The van der Waals surface area contributed by atoms with E-state index in [2.05, 4.69) is 15.9 Å². The average molecular weight is 251 g/mol. The molecule has 4 heteroatoms. The van der Waals surface area contributed by atoms with E-state index >= 15 is 0 Å². The Morgan fingerprint density at radius 2 is 2.29 bits per heavy atom. The molecule has 1 amide bonds. The van der Waals surface area contributed by atoms with Gasteiger partial charge in [-0.05, 0) is 23.8 Å². The van der Waals surface area contributed by atoms with Crippen molar-refractivity contribution >= 4 is 27.9 Å². The molecule has 1 aromatic carbocycles. The lowest BCUT2D eigenvalue weighted by molar-refractivity contribution is -0.114. The van der Waals surface area contributed by atoms with Crippen LogP contribution in [0, 0.1) is 11.3 Å². The molecule has 0 heterocycles. The normalized spacial score (nSPS) is 10.7. The van der Waals surface area contributed by atoms with Gasteiger partial charge in [-0.25, -0.2) is 0 Å². The van der Waals surface area contributed by atoms with E-state index in [1.807, 2.05) is 12.1 Å². The van der Waals surface area contributed by atoms with Crippen molar-refractivity contribution in [2.24, 2.45) is 5.73 Å². The fraction of sp³-hybridized carbons (Fsp3) is 0. The van der Waals surface area contributed by atoms with Gasteiger partial charge in [0.05, 0.1) is 0 Å². The number of carbonyl (C=O) groups is 1. The molecule has 0 saturated heterocycles. The van der Waals surface area contributed by atoms with E-state index in [0.717, 1.165) is 10.0 Å². The molecule has 1 rings (SSSR count). The van der Waals surface area contributed by atoms with Crippen LogP contribution in [0.3, 0.4) is 0 Å². The first-order valence-electron chi connectivity index (χ1n) is 3.80. The van der Waals surface area contributed by atoms with E-state index in [1.54, 1.807) is 18.2 Å². The van der Waals surface area contributed by atoms with Crippen LogP contribution in [0.5, 0.6) is 0 Å². The molecule has 0 aliphatic rings. The SMILES string of the molecule is N#C/C(=C/c1cccc(Br)c1)C(N)=O. The van der Waals surface area contributed by atoms with E-state index in [0.29, 0.717) is 0 Å². The summed E-state index contributed by atoms with van der Waals surface area (Å²) in [6.45, 7) is 0. The second-order valence-electron chi connectivity index (χ2n) is 2.59. The minimum atomic E-state index is -0.715. The molecular weight excluding hydrogens is 244 g/mol. The van der Waals surface area contributed by atoms with Crippen molar-refractivity contribution in [3.05, 3.63) is 39.9 Å². The number of nitrogens with two attached hydrogens (primary N) is 1. The highest BCUT2D eigenvalue weighted by atomic mass is 79.9. The number of hydrogen-bond donors (Lipinski definition) is 1. The second kappa shape index (κ2) is 4.58. The lowest BCUT2D eigenvalue weighted by Crippen LogP contribution is -2.12. The molecule has 0 aliphatic heterocycles. The predicted molar refractivity (Wildman–Crippen MR) is 56.9 cm³/mol. The van der Waals surface area contributed by atoms with E-state index in [-0.39, 0.29) is 5.57 Å². The average Bonchev–Trinajstić information content (AvgIpc) is 2.14. The van der Waals surface area contributed by atoms with Gasteiger partial charge in [0, 0.05) is 4.47 Å². The molecule has 3 nitrogen and oxygen atoms in total. The Labute approximate surface area is 90.0 Å². The van der Waals surface area contributed by atoms with Crippen LogP contribution < -0.4 is 5.73 Å². The van der Waals surface area contributed by atoms with Gasteiger partial charge in [0.1, 0.15) is 11.6 Å². The van der Waals surface area contributed by atoms with Gasteiger partial charge in [-0.2, -0.15) is 5.26 Å². The summed E-state index contributed by atoms with van der Waals surface area (Å²) in [7, 11) is 0. The third kappa shape index (κ3) is 2.71. The number of carbonyl (C=O) groups excluding carboxylic acids is 1. The van der Waals surface area contributed by atoms with Crippen LogP contribution in [0.2, 0.25) is 0 Å². The van der Waals surface area contributed by atoms with E-state index in [4.69, 9.17) is 11.0 Å². The predicted octanol–water partition coefficient (Wildman–Crippen LogP) is 1.84. The number of primary amides is 1. The maximum absolute atomic E-state index is 10.7. The fourth-order valence-electron chi connectivity index (χ4n) is 0.922. The lowest BCUT2D eigenvalue weighted by atomic mass is 10.1. The van der Waals surface area contributed by atoms with Gasteiger partial charge >= 0.3 is 0 Å². The van der Waals surface area contributed by atoms with Crippen molar-refractivity contribution in [3.63, 3.8) is 0 Å². The first kappa shape index (κ1) is 10.5. The molecule has 0 aromatic heterocycles. The Hall–Kier alpha value is -1.60. The van der Waals surface area contributed by atoms with Gasteiger partial charge in [0.2, 0.25) is 0 Å². The molecular formula is C10H7BrN2O. The largest absolute Gasteiger partial charge is 0.365 e.